The zero-order chi connectivity index (χ0) is 25.4. The van der Waals surface area contributed by atoms with Gasteiger partial charge in [0.2, 0.25) is 11.2 Å². The van der Waals surface area contributed by atoms with Crippen molar-refractivity contribution in [3.63, 3.8) is 0 Å². The van der Waals surface area contributed by atoms with Crippen LogP contribution in [0.5, 0.6) is 5.88 Å². The molecule has 2 aliphatic rings. The third-order valence-corrected chi connectivity index (χ3v) is 5.46. The number of rotatable bonds is 6. The van der Waals surface area contributed by atoms with E-state index in [9.17, 15) is 18.0 Å². The van der Waals surface area contributed by atoms with Crippen LogP contribution in [-0.4, -0.2) is 81.6 Å². The summed E-state index contributed by atoms with van der Waals surface area (Å²) in [5.41, 5.74) is -1.16. The van der Waals surface area contributed by atoms with Gasteiger partial charge in [-0.3, -0.25) is 9.69 Å². The number of nitrogens with zero attached hydrogens (tertiary/aromatic N) is 5. The molecule has 0 aliphatic carbocycles. The van der Waals surface area contributed by atoms with E-state index >= 15 is 0 Å². The van der Waals surface area contributed by atoms with Gasteiger partial charge in [-0.2, -0.15) is 13.2 Å². The number of pyridine rings is 1. The fourth-order valence-electron chi connectivity index (χ4n) is 3.57. The van der Waals surface area contributed by atoms with E-state index in [1.165, 1.54) is 18.3 Å². The summed E-state index contributed by atoms with van der Waals surface area (Å²) >= 11 is 5.63. The highest BCUT2D eigenvalue weighted by molar-refractivity contribution is 6.28. The number of epoxide rings is 1. The van der Waals surface area contributed by atoms with Gasteiger partial charge in [0.05, 0.1) is 11.3 Å². The molecule has 1 amide bonds. The fourth-order valence-corrected chi connectivity index (χ4v) is 3.75. The maximum absolute atomic E-state index is 13.0. The van der Waals surface area contributed by atoms with Crippen molar-refractivity contribution in [2.45, 2.75) is 45.1 Å². The highest BCUT2D eigenvalue weighted by Gasteiger charge is 2.47. The van der Waals surface area contributed by atoms with E-state index in [0.29, 0.717) is 31.7 Å². The van der Waals surface area contributed by atoms with E-state index < -0.39 is 17.2 Å². The number of halogens is 4. The topological polar surface area (TPSA) is 93.2 Å². The second-order valence-electron chi connectivity index (χ2n) is 9.12. The van der Waals surface area contributed by atoms with E-state index in [4.69, 9.17) is 25.8 Å². The largest absolute Gasteiger partial charge is 0.468 e. The molecule has 0 N–H and O–H groups in total. The predicted molar refractivity (Wildman–Crippen MR) is 118 cm³/mol. The molecule has 2 unspecified atom stereocenters. The van der Waals surface area contributed by atoms with Crippen molar-refractivity contribution < 1.29 is 32.2 Å². The minimum absolute atomic E-state index is 0.0277. The normalized spacial score (nSPS) is 21.2. The van der Waals surface area contributed by atoms with Crippen molar-refractivity contribution in [3.05, 3.63) is 35.4 Å². The molecule has 13 heteroatoms. The number of piperazine rings is 1. The minimum Gasteiger partial charge on any atom is -0.468 e. The molecule has 9 nitrogen and oxygen atoms in total. The minimum atomic E-state index is -4.66. The number of aromatic nitrogens is 3. The first-order chi connectivity index (χ1) is 16.4. The molecule has 0 radical (unpaired) electrons. The van der Waals surface area contributed by atoms with Crippen LogP contribution in [0.2, 0.25) is 5.28 Å². The molecule has 0 bridgehead atoms. The van der Waals surface area contributed by atoms with Crippen LogP contribution in [0, 0.1) is 0 Å². The molecule has 0 aromatic carbocycles. The third-order valence-electron chi connectivity index (χ3n) is 5.29. The molecular formula is C22H25ClF3N5O4. The fraction of sp³-hybridized carbons (Fsp3) is 0.545. The zero-order valence-corrected chi connectivity index (χ0v) is 20.1. The lowest BCUT2D eigenvalue weighted by atomic mass is 10.2. The number of ether oxygens (including phenoxy) is 3. The van der Waals surface area contributed by atoms with Crippen molar-refractivity contribution >= 4 is 17.5 Å². The second-order valence-corrected chi connectivity index (χ2v) is 9.46. The van der Waals surface area contributed by atoms with E-state index in [0.717, 1.165) is 6.07 Å². The summed E-state index contributed by atoms with van der Waals surface area (Å²) in [6.45, 7) is 8.10. The van der Waals surface area contributed by atoms with E-state index in [1.807, 2.05) is 20.8 Å². The highest BCUT2D eigenvalue weighted by Crippen LogP contribution is 2.32. The summed E-state index contributed by atoms with van der Waals surface area (Å²) in [7, 11) is 0. The molecule has 190 valence electrons. The third kappa shape index (κ3) is 6.78. The molecule has 2 saturated heterocycles. The Morgan fingerprint density at radius 1 is 1.17 bits per heavy atom. The van der Waals surface area contributed by atoms with Crippen LogP contribution in [0.25, 0.3) is 11.3 Å². The van der Waals surface area contributed by atoms with Crippen molar-refractivity contribution in [1.82, 2.24) is 24.8 Å². The van der Waals surface area contributed by atoms with Crippen LogP contribution in [0.1, 0.15) is 26.5 Å². The van der Waals surface area contributed by atoms with Gasteiger partial charge in [0.15, 0.2) is 19.1 Å². The van der Waals surface area contributed by atoms with Crippen molar-refractivity contribution in [3.8, 4) is 17.1 Å². The maximum atomic E-state index is 13.0. The monoisotopic (exact) mass is 515 g/mol. The Kier molecular flexibility index (Phi) is 7.18. The van der Waals surface area contributed by atoms with Gasteiger partial charge in [-0.05, 0) is 44.5 Å². The van der Waals surface area contributed by atoms with Crippen LogP contribution in [0.4, 0.5) is 13.2 Å². The number of amides is 1. The van der Waals surface area contributed by atoms with Gasteiger partial charge in [0.1, 0.15) is 5.69 Å². The molecule has 4 rings (SSSR count). The van der Waals surface area contributed by atoms with E-state index in [-0.39, 0.29) is 42.2 Å². The van der Waals surface area contributed by atoms with Crippen molar-refractivity contribution in [1.29, 1.82) is 0 Å². The number of carbonyl (C=O) groups excluding carboxylic acids is 1. The first-order valence-electron chi connectivity index (χ1n) is 11.0. The molecule has 2 aromatic rings. The average molecular weight is 516 g/mol. The Morgan fingerprint density at radius 2 is 1.89 bits per heavy atom. The predicted octanol–water partition coefficient (Wildman–Crippen LogP) is 3.23. The molecular weight excluding hydrogens is 491 g/mol. The van der Waals surface area contributed by atoms with Crippen molar-refractivity contribution in [2.24, 2.45) is 0 Å². The smallest absolute Gasteiger partial charge is 0.433 e. The molecule has 2 aliphatic heterocycles. The molecule has 0 saturated carbocycles. The molecule has 35 heavy (non-hydrogen) atoms. The molecule has 4 heterocycles. The van der Waals surface area contributed by atoms with Gasteiger partial charge < -0.3 is 19.1 Å². The van der Waals surface area contributed by atoms with Crippen LogP contribution in [0.15, 0.2) is 24.4 Å². The van der Waals surface area contributed by atoms with Crippen LogP contribution in [0.3, 0.4) is 0 Å². The lowest BCUT2D eigenvalue weighted by Gasteiger charge is -2.33. The second kappa shape index (κ2) is 9.84. The summed E-state index contributed by atoms with van der Waals surface area (Å²) in [5.74, 6) is -0.0300. The standard InChI is InChI=1S/C22H25ClF3N5O4/c1-21(2,3)35-19-18(34-19)31-8-6-30(7-9-31)17(32)12-33-16-5-4-13(11-27-16)14-10-15(22(24,25)26)29-20(23)28-14/h4-5,10-11,18-19H,6-9,12H2,1-3H3. The number of carbonyl (C=O) groups is 1. The average Bonchev–Trinajstić information content (AvgIpc) is 3.54. The highest BCUT2D eigenvalue weighted by atomic mass is 35.5. The molecule has 2 aromatic heterocycles. The first-order valence-corrected chi connectivity index (χ1v) is 11.3. The zero-order valence-electron chi connectivity index (χ0n) is 19.4. The van der Waals surface area contributed by atoms with Crippen molar-refractivity contribution in [2.75, 3.05) is 32.8 Å². The van der Waals surface area contributed by atoms with Gasteiger partial charge in [-0.1, -0.05) is 0 Å². The van der Waals surface area contributed by atoms with Crippen LogP contribution < -0.4 is 4.74 Å². The van der Waals surface area contributed by atoms with Gasteiger partial charge in [0, 0.05) is 44.0 Å². The Balaban J connectivity index is 1.26. The SMILES string of the molecule is CC(C)(C)OC1OC1N1CCN(C(=O)COc2ccc(-c3cc(C(F)(F)F)nc(Cl)n3)cn2)CC1. The van der Waals surface area contributed by atoms with Crippen LogP contribution in [-0.2, 0) is 20.4 Å². The Bertz CT molecular complexity index is 1060. The molecule has 2 fully saturated rings. The number of hydrogen-bond donors (Lipinski definition) is 0. The van der Waals surface area contributed by atoms with Gasteiger partial charge in [-0.15, -0.1) is 0 Å². The first kappa shape index (κ1) is 25.5. The summed E-state index contributed by atoms with van der Waals surface area (Å²) in [6, 6.07) is 3.72. The van der Waals surface area contributed by atoms with Gasteiger partial charge in [0.25, 0.3) is 5.91 Å². The maximum Gasteiger partial charge on any atom is 0.433 e. The number of alkyl halides is 3. The van der Waals surface area contributed by atoms with Crippen LogP contribution >= 0.6 is 11.6 Å². The lowest BCUT2D eigenvalue weighted by molar-refractivity contribution is -0.141. The van der Waals surface area contributed by atoms with E-state index in [2.05, 4.69) is 19.9 Å². The molecule has 2 atom stereocenters. The number of hydrogen-bond acceptors (Lipinski definition) is 8. The summed E-state index contributed by atoms with van der Waals surface area (Å²) in [5, 5.41) is -0.522. The summed E-state index contributed by atoms with van der Waals surface area (Å²) in [4.78, 5) is 27.5. The van der Waals surface area contributed by atoms with E-state index in [1.54, 1.807) is 4.90 Å². The van der Waals surface area contributed by atoms with Gasteiger partial charge >= 0.3 is 6.18 Å². The molecule has 0 spiro atoms. The Hall–Kier alpha value is -2.54. The summed E-state index contributed by atoms with van der Waals surface area (Å²) < 4.78 is 55.8. The lowest BCUT2D eigenvalue weighted by Crippen LogP contribution is -2.51. The summed E-state index contributed by atoms with van der Waals surface area (Å²) in [6.07, 6.45) is -3.68. The Morgan fingerprint density at radius 3 is 2.49 bits per heavy atom. The van der Waals surface area contributed by atoms with Gasteiger partial charge in [-0.25, -0.2) is 15.0 Å². The quantitative estimate of drug-likeness (QED) is 0.427. The Labute approximate surface area is 205 Å².